The van der Waals surface area contributed by atoms with Crippen LogP contribution >= 0.6 is 0 Å². The van der Waals surface area contributed by atoms with Crippen molar-refractivity contribution in [1.29, 1.82) is 0 Å². The average Bonchev–Trinajstić information content (AvgIpc) is 2.44. The minimum absolute atomic E-state index is 0.361. The quantitative estimate of drug-likeness (QED) is 0.697. The highest BCUT2D eigenvalue weighted by Gasteiger charge is 2.04. The average molecular weight is 182 g/mol. The molecule has 1 aromatic rings. The Bertz CT molecular complexity index is 267. The van der Waals surface area contributed by atoms with Crippen LogP contribution in [0.15, 0.2) is 6.20 Å². The first-order valence-electron chi connectivity index (χ1n) is 4.56. The number of nitrogens with one attached hydrogen (secondary N) is 1. The lowest BCUT2D eigenvalue weighted by Crippen LogP contribution is -2.32. The highest BCUT2D eigenvalue weighted by molar-refractivity contribution is 5.15. The highest BCUT2D eigenvalue weighted by Crippen LogP contribution is 2.04. The van der Waals surface area contributed by atoms with Crippen LogP contribution < -0.4 is 11.1 Å². The number of hydrogen-bond donors (Lipinski definition) is 2. The Balaban J connectivity index is 2.50. The standard InChI is InChI=1S/C9H18N4/c1-7(4-10)11-5-9-6-12-13(3)8(9)2/h6-7,11H,4-5,10H2,1-3H3. The van der Waals surface area contributed by atoms with E-state index < -0.39 is 0 Å². The fourth-order valence-electron chi connectivity index (χ4n) is 1.09. The summed E-state index contributed by atoms with van der Waals surface area (Å²) in [5, 5.41) is 7.49. The summed E-state index contributed by atoms with van der Waals surface area (Å²) in [6.45, 7) is 5.65. The molecule has 0 saturated carbocycles. The van der Waals surface area contributed by atoms with E-state index in [9.17, 15) is 0 Å². The van der Waals surface area contributed by atoms with Gasteiger partial charge in [0.05, 0.1) is 6.20 Å². The summed E-state index contributed by atoms with van der Waals surface area (Å²) in [5.41, 5.74) is 7.94. The van der Waals surface area contributed by atoms with Crippen LogP contribution in [0.1, 0.15) is 18.2 Å². The van der Waals surface area contributed by atoms with E-state index >= 15 is 0 Å². The molecule has 1 aromatic heterocycles. The van der Waals surface area contributed by atoms with Crippen LogP contribution in [0.5, 0.6) is 0 Å². The molecular formula is C9H18N4. The highest BCUT2D eigenvalue weighted by atomic mass is 15.3. The van der Waals surface area contributed by atoms with Gasteiger partial charge in [0.15, 0.2) is 0 Å². The summed E-state index contributed by atoms with van der Waals surface area (Å²) in [6.07, 6.45) is 1.89. The van der Waals surface area contributed by atoms with Crippen molar-refractivity contribution >= 4 is 0 Å². The first-order chi connectivity index (χ1) is 6.15. The van der Waals surface area contributed by atoms with Crippen LogP contribution in [0.25, 0.3) is 0 Å². The summed E-state index contributed by atoms with van der Waals surface area (Å²) in [4.78, 5) is 0. The summed E-state index contributed by atoms with van der Waals surface area (Å²) in [6, 6.07) is 0.361. The van der Waals surface area contributed by atoms with Crippen molar-refractivity contribution in [3.8, 4) is 0 Å². The van der Waals surface area contributed by atoms with Gasteiger partial charge in [-0.15, -0.1) is 0 Å². The van der Waals surface area contributed by atoms with E-state index in [-0.39, 0.29) is 0 Å². The van der Waals surface area contributed by atoms with Crippen molar-refractivity contribution in [1.82, 2.24) is 15.1 Å². The van der Waals surface area contributed by atoms with Crippen molar-refractivity contribution in [3.63, 3.8) is 0 Å². The van der Waals surface area contributed by atoms with Gasteiger partial charge in [-0.2, -0.15) is 5.10 Å². The van der Waals surface area contributed by atoms with E-state index in [0.29, 0.717) is 12.6 Å². The van der Waals surface area contributed by atoms with Crippen molar-refractivity contribution in [2.45, 2.75) is 26.4 Å². The van der Waals surface area contributed by atoms with E-state index in [0.717, 1.165) is 6.54 Å². The molecule has 0 amide bonds. The number of nitrogens with two attached hydrogens (primary N) is 1. The molecule has 0 radical (unpaired) electrons. The fraction of sp³-hybridized carbons (Fsp3) is 0.667. The van der Waals surface area contributed by atoms with Crippen LogP contribution in [0, 0.1) is 6.92 Å². The topological polar surface area (TPSA) is 55.9 Å². The third-order valence-corrected chi connectivity index (χ3v) is 2.33. The van der Waals surface area contributed by atoms with Gasteiger partial charge in [0.1, 0.15) is 0 Å². The fourth-order valence-corrected chi connectivity index (χ4v) is 1.09. The maximum Gasteiger partial charge on any atom is 0.0537 e. The van der Waals surface area contributed by atoms with Gasteiger partial charge < -0.3 is 11.1 Å². The van der Waals surface area contributed by atoms with E-state index in [1.807, 2.05) is 17.9 Å². The lowest BCUT2D eigenvalue weighted by molar-refractivity contribution is 0.555. The molecule has 0 fully saturated rings. The molecule has 1 rings (SSSR count). The first-order valence-corrected chi connectivity index (χ1v) is 4.56. The second-order valence-electron chi connectivity index (χ2n) is 3.40. The molecule has 0 saturated heterocycles. The predicted molar refractivity (Wildman–Crippen MR) is 53.3 cm³/mol. The molecule has 13 heavy (non-hydrogen) atoms. The zero-order chi connectivity index (χ0) is 9.84. The molecule has 0 aromatic carbocycles. The lowest BCUT2D eigenvalue weighted by Gasteiger charge is -2.10. The van der Waals surface area contributed by atoms with E-state index in [1.165, 1.54) is 11.3 Å². The van der Waals surface area contributed by atoms with Crippen molar-refractivity contribution in [2.75, 3.05) is 6.54 Å². The summed E-state index contributed by atoms with van der Waals surface area (Å²) in [7, 11) is 1.95. The summed E-state index contributed by atoms with van der Waals surface area (Å²) >= 11 is 0. The van der Waals surface area contributed by atoms with Crippen LogP contribution in [0.4, 0.5) is 0 Å². The second-order valence-corrected chi connectivity index (χ2v) is 3.40. The summed E-state index contributed by atoms with van der Waals surface area (Å²) < 4.78 is 1.88. The SMILES string of the molecule is Cc1c(CNC(C)CN)cnn1C. The van der Waals surface area contributed by atoms with E-state index in [2.05, 4.69) is 24.3 Å². The third-order valence-electron chi connectivity index (χ3n) is 2.33. The maximum atomic E-state index is 5.50. The number of hydrogen-bond acceptors (Lipinski definition) is 3. The molecule has 0 aliphatic carbocycles. The van der Waals surface area contributed by atoms with Gasteiger partial charge in [0.25, 0.3) is 0 Å². The van der Waals surface area contributed by atoms with Crippen LogP contribution in [0.2, 0.25) is 0 Å². The van der Waals surface area contributed by atoms with Crippen LogP contribution in [0.3, 0.4) is 0 Å². The minimum atomic E-state index is 0.361. The molecule has 1 unspecified atom stereocenters. The Morgan fingerprint density at radius 1 is 1.69 bits per heavy atom. The molecule has 0 aliphatic heterocycles. The maximum absolute atomic E-state index is 5.50. The Kier molecular flexibility index (Phi) is 3.45. The third kappa shape index (κ3) is 2.54. The monoisotopic (exact) mass is 182 g/mol. The molecule has 1 heterocycles. The molecule has 4 heteroatoms. The van der Waals surface area contributed by atoms with Crippen LogP contribution in [-0.4, -0.2) is 22.4 Å². The largest absolute Gasteiger partial charge is 0.329 e. The van der Waals surface area contributed by atoms with Gasteiger partial charge in [-0.05, 0) is 13.8 Å². The molecule has 0 aliphatic rings. The van der Waals surface area contributed by atoms with E-state index in [4.69, 9.17) is 5.73 Å². The van der Waals surface area contributed by atoms with Crippen molar-refractivity contribution in [2.24, 2.45) is 12.8 Å². The van der Waals surface area contributed by atoms with E-state index in [1.54, 1.807) is 0 Å². The first kappa shape index (κ1) is 10.2. The van der Waals surface area contributed by atoms with Gasteiger partial charge in [-0.1, -0.05) is 0 Å². The summed E-state index contributed by atoms with van der Waals surface area (Å²) in [5.74, 6) is 0. The predicted octanol–water partition coefficient (Wildman–Crippen LogP) is 0.165. The van der Waals surface area contributed by atoms with Crippen molar-refractivity contribution in [3.05, 3.63) is 17.5 Å². The second kappa shape index (κ2) is 4.39. The molecule has 74 valence electrons. The Morgan fingerprint density at radius 3 is 2.85 bits per heavy atom. The zero-order valence-electron chi connectivity index (χ0n) is 8.54. The Hall–Kier alpha value is -0.870. The van der Waals surface area contributed by atoms with Gasteiger partial charge in [0, 0.05) is 37.4 Å². The Morgan fingerprint density at radius 2 is 2.38 bits per heavy atom. The van der Waals surface area contributed by atoms with Crippen LogP contribution in [-0.2, 0) is 13.6 Å². The van der Waals surface area contributed by atoms with Gasteiger partial charge in [-0.3, -0.25) is 4.68 Å². The van der Waals surface area contributed by atoms with Gasteiger partial charge >= 0.3 is 0 Å². The minimum Gasteiger partial charge on any atom is -0.329 e. The normalized spacial score (nSPS) is 13.2. The molecule has 0 spiro atoms. The number of aryl methyl sites for hydroxylation is 1. The molecule has 4 nitrogen and oxygen atoms in total. The number of aromatic nitrogens is 2. The lowest BCUT2D eigenvalue weighted by atomic mass is 10.2. The Labute approximate surface area is 79.1 Å². The van der Waals surface area contributed by atoms with Gasteiger partial charge in [-0.25, -0.2) is 0 Å². The molecule has 1 atom stereocenters. The van der Waals surface area contributed by atoms with Crippen molar-refractivity contribution < 1.29 is 0 Å². The zero-order valence-corrected chi connectivity index (χ0v) is 8.54. The molecule has 3 N–H and O–H groups in total. The van der Waals surface area contributed by atoms with Gasteiger partial charge in [0.2, 0.25) is 0 Å². The molecule has 0 bridgehead atoms. The number of nitrogens with zero attached hydrogens (tertiary/aromatic N) is 2. The number of rotatable bonds is 4. The smallest absolute Gasteiger partial charge is 0.0537 e. The molecular weight excluding hydrogens is 164 g/mol.